The first-order valence-corrected chi connectivity index (χ1v) is 6.65. The van der Waals surface area contributed by atoms with Crippen LogP contribution in [0.15, 0.2) is 22.8 Å². The minimum atomic E-state index is -0.494. The maximum absolute atomic E-state index is 12.1. The number of rotatable bonds is 2. The zero-order chi connectivity index (χ0) is 12.0. The SMILES string of the molecule is COC(=O)C1(c2cc(Br)ccn2)CC2CC2C1. The van der Waals surface area contributed by atoms with Crippen molar-refractivity contribution in [2.24, 2.45) is 11.8 Å². The lowest BCUT2D eigenvalue weighted by atomic mass is 9.79. The summed E-state index contributed by atoms with van der Waals surface area (Å²) < 4.78 is 5.97. The highest BCUT2D eigenvalue weighted by atomic mass is 79.9. The fourth-order valence-corrected chi connectivity index (χ4v) is 3.47. The van der Waals surface area contributed by atoms with Gasteiger partial charge >= 0.3 is 5.97 Å². The van der Waals surface area contributed by atoms with Gasteiger partial charge in [0, 0.05) is 10.7 Å². The first-order valence-electron chi connectivity index (χ1n) is 5.86. The van der Waals surface area contributed by atoms with Crippen LogP contribution in [0.1, 0.15) is 25.0 Å². The summed E-state index contributed by atoms with van der Waals surface area (Å²) >= 11 is 3.44. The molecule has 2 saturated carbocycles. The van der Waals surface area contributed by atoms with Crippen LogP contribution in [0.4, 0.5) is 0 Å². The molecule has 2 aliphatic rings. The van der Waals surface area contributed by atoms with Crippen LogP contribution in [0.3, 0.4) is 0 Å². The number of hydrogen-bond donors (Lipinski definition) is 0. The van der Waals surface area contributed by atoms with Gasteiger partial charge in [-0.1, -0.05) is 15.9 Å². The van der Waals surface area contributed by atoms with Crippen LogP contribution in [0.5, 0.6) is 0 Å². The number of nitrogens with zero attached hydrogens (tertiary/aromatic N) is 1. The highest BCUT2D eigenvalue weighted by Gasteiger charge is 2.59. The Morgan fingerprint density at radius 3 is 2.82 bits per heavy atom. The molecule has 1 aromatic rings. The lowest BCUT2D eigenvalue weighted by Gasteiger charge is -2.27. The Hall–Kier alpha value is -0.900. The number of esters is 1. The molecule has 3 rings (SSSR count). The first-order chi connectivity index (χ1) is 8.15. The number of fused-ring (bicyclic) bond motifs is 1. The van der Waals surface area contributed by atoms with E-state index in [4.69, 9.17) is 4.74 Å². The molecule has 4 heteroatoms. The van der Waals surface area contributed by atoms with Crippen molar-refractivity contribution in [3.05, 3.63) is 28.5 Å². The Bertz CT molecular complexity index is 464. The maximum atomic E-state index is 12.1. The molecule has 0 saturated heterocycles. The molecule has 2 atom stereocenters. The van der Waals surface area contributed by atoms with E-state index in [-0.39, 0.29) is 5.97 Å². The molecule has 0 bridgehead atoms. The summed E-state index contributed by atoms with van der Waals surface area (Å²) in [6.07, 6.45) is 4.81. The van der Waals surface area contributed by atoms with Crippen molar-refractivity contribution in [1.29, 1.82) is 0 Å². The second-order valence-corrected chi connectivity index (χ2v) is 6.01. The molecule has 1 heterocycles. The molecule has 3 nitrogen and oxygen atoms in total. The van der Waals surface area contributed by atoms with Gasteiger partial charge in [-0.25, -0.2) is 0 Å². The molecule has 1 aromatic heterocycles. The number of carbonyl (C=O) groups is 1. The van der Waals surface area contributed by atoms with E-state index in [0.717, 1.165) is 23.0 Å². The highest BCUT2D eigenvalue weighted by molar-refractivity contribution is 9.10. The molecule has 2 unspecified atom stereocenters. The Kier molecular flexibility index (Phi) is 2.51. The van der Waals surface area contributed by atoms with Crippen LogP contribution >= 0.6 is 15.9 Å². The zero-order valence-corrected chi connectivity index (χ0v) is 11.2. The van der Waals surface area contributed by atoms with Crippen molar-refractivity contribution in [3.63, 3.8) is 0 Å². The lowest BCUT2D eigenvalue weighted by molar-refractivity contribution is -0.148. The summed E-state index contributed by atoms with van der Waals surface area (Å²) in [4.78, 5) is 16.5. The largest absolute Gasteiger partial charge is 0.468 e. The zero-order valence-electron chi connectivity index (χ0n) is 9.65. The monoisotopic (exact) mass is 295 g/mol. The lowest BCUT2D eigenvalue weighted by Crippen LogP contribution is -2.36. The van der Waals surface area contributed by atoms with Gasteiger partial charge in [-0.05, 0) is 43.2 Å². The van der Waals surface area contributed by atoms with Crippen molar-refractivity contribution in [2.45, 2.75) is 24.7 Å². The normalized spacial score (nSPS) is 34.2. The first kappa shape index (κ1) is 11.2. The van der Waals surface area contributed by atoms with E-state index in [1.165, 1.54) is 13.5 Å². The third-order valence-electron chi connectivity index (χ3n) is 4.08. The quantitative estimate of drug-likeness (QED) is 0.788. The number of ether oxygens (including phenoxy) is 1. The maximum Gasteiger partial charge on any atom is 0.317 e. The van der Waals surface area contributed by atoms with Crippen LogP contribution in [0.25, 0.3) is 0 Å². The average Bonchev–Trinajstić information content (AvgIpc) is 2.95. The predicted octanol–water partition coefficient (Wildman–Crippen LogP) is 2.68. The van der Waals surface area contributed by atoms with Gasteiger partial charge in [0.15, 0.2) is 0 Å². The molecule has 2 fully saturated rings. The van der Waals surface area contributed by atoms with Crippen LogP contribution in [0, 0.1) is 11.8 Å². The second kappa shape index (κ2) is 3.80. The molecule has 0 radical (unpaired) electrons. The average molecular weight is 296 g/mol. The number of methoxy groups -OCH3 is 1. The summed E-state index contributed by atoms with van der Waals surface area (Å²) in [6, 6.07) is 3.83. The topological polar surface area (TPSA) is 39.2 Å². The highest BCUT2D eigenvalue weighted by Crippen LogP contribution is 2.60. The van der Waals surface area contributed by atoms with Crippen LogP contribution in [-0.4, -0.2) is 18.1 Å². The van der Waals surface area contributed by atoms with Crippen molar-refractivity contribution in [2.75, 3.05) is 7.11 Å². The summed E-state index contributed by atoms with van der Waals surface area (Å²) in [7, 11) is 1.46. The van der Waals surface area contributed by atoms with Crippen molar-refractivity contribution < 1.29 is 9.53 Å². The molecule has 0 aromatic carbocycles. The molecule has 0 spiro atoms. The fourth-order valence-electron chi connectivity index (χ4n) is 3.13. The number of hydrogen-bond acceptors (Lipinski definition) is 3. The van der Waals surface area contributed by atoms with Gasteiger partial charge in [-0.15, -0.1) is 0 Å². The van der Waals surface area contributed by atoms with Crippen LogP contribution in [0.2, 0.25) is 0 Å². The van der Waals surface area contributed by atoms with Crippen molar-refractivity contribution in [1.82, 2.24) is 4.98 Å². The molecule has 17 heavy (non-hydrogen) atoms. The standard InChI is InChI=1S/C13H14BrNO2/c1-17-12(16)13(6-8-4-9(8)7-13)11-5-10(14)2-3-15-11/h2-3,5,8-9H,4,6-7H2,1H3. The van der Waals surface area contributed by atoms with Gasteiger partial charge in [0.2, 0.25) is 0 Å². The van der Waals surface area contributed by atoms with Gasteiger partial charge in [-0.3, -0.25) is 9.78 Å². The molecule has 0 N–H and O–H groups in total. The third-order valence-corrected chi connectivity index (χ3v) is 4.57. The van der Waals surface area contributed by atoms with Gasteiger partial charge in [0.05, 0.1) is 12.8 Å². The second-order valence-electron chi connectivity index (χ2n) is 5.10. The van der Waals surface area contributed by atoms with Crippen LogP contribution in [-0.2, 0) is 14.9 Å². The summed E-state index contributed by atoms with van der Waals surface area (Å²) in [5.74, 6) is 1.28. The minimum Gasteiger partial charge on any atom is -0.468 e. The smallest absolute Gasteiger partial charge is 0.317 e. The molecule has 2 aliphatic carbocycles. The predicted molar refractivity (Wildman–Crippen MR) is 66.5 cm³/mol. The van der Waals surface area contributed by atoms with Gasteiger partial charge in [0.1, 0.15) is 5.41 Å². The molecule has 0 aliphatic heterocycles. The van der Waals surface area contributed by atoms with Gasteiger partial charge in [-0.2, -0.15) is 0 Å². The Morgan fingerprint density at radius 1 is 1.53 bits per heavy atom. The van der Waals surface area contributed by atoms with E-state index in [2.05, 4.69) is 20.9 Å². The number of halogens is 1. The van der Waals surface area contributed by atoms with Crippen molar-refractivity contribution >= 4 is 21.9 Å². The van der Waals surface area contributed by atoms with E-state index in [0.29, 0.717) is 11.8 Å². The fraction of sp³-hybridized carbons (Fsp3) is 0.538. The molecule has 90 valence electrons. The Balaban J connectivity index is 2.02. The molecular weight excluding hydrogens is 282 g/mol. The Morgan fingerprint density at radius 2 is 2.24 bits per heavy atom. The van der Waals surface area contributed by atoms with E-state index in [9.17, 15) is 4.79 Å². The minimum absolute atomic E-state index is 0.129. The molecular formula is C13H14BrNO2. The van der Waals surface area contributed by atoms with Gasteiger partial charge in [0.25, 0.3) is 0 Å². The summed E-state index contributed by atoms with van der Waals surface area (Å²) in [6.45, 7) is 0. The van der Waals surface area contributed by atoms with E-state index in [1.807, 2.05) is 12.1 Å². The number of pyridine rings is 1. The van der Waals surface area contributed by atoms with Crippen molar-refractivity contribution in [3.8, 4) is 0 Å². The molecule has 0 amide bonds. The van der Waals surface area contributed by atoms with Crippen LogP contribution < -0.4 is 0 Å². The van der Waals surface area contributed by atoms with E-state index >= 15 is 0 Å². The van der Waals surface area contributed by atoms with E-state index < -0.39 is 5.41 Å². The summed E-state index contributed by atoms with van der Waals surface area (Å²) in [5.41, 5.74) is 0.359. The van der Waals surface area contributed by atoms with E-state index in [1.54, 1.807) is 6.20 Å². The van der Waals surface area contributed by atoms with Gasteiger partial charge < -0.3 is 4.74 Å². The summed E-state index contributed by atoms with van der Waals surface area (Å²) in [5, 5.41) is 0. The Labute approximate surface area is 109 Å². The third kappa shape index (κ3) is 1.69. The number of carbonyl (C=O) groups excluding carboxylic acids is 1. The number of aromatic nitrogens is 1.